The molecule has 0 aromatic heterocycles. The molecule has 298 valence electrons. The van der Waals surface area contributed by atoms with E-state index < -0.39 is 0 Å². The lowest BCUT2D eigenvalue weighted by Gasteiger charge is -2.21. The Hall–Kier alpha value is -1.14. The van der Waals surface area contributed by atoms with Crippen LogP contribution in [0, 0.1) is 0 Å². The van der Waals surface area contributed by atoms with Crippen LogP contribution in [0.15, 0.2) is 0 Å². The van der Waals surface area contributed by atoms with Crippen molar-refractivity contribution in [3.63, 3.8) is 0 Å². The van der Waals surface area contributed by atoms with Gasteiger partial charge in [-0.3, -0.25) is 9.59 Å². The van der Waals surface area contributed by atoms with E-state index in [1.165, 1.54) is 135 Å². The van der Waals surface area contributed by atoms with Crippen molar-refractivity contribution in [2.24, 2.45) is 0 Å². The molecular formula is C44H87NO5. The summed E-state index contributed by atoms with van der Waals surface area (Å²) in [6.45, 7) is 9.86. The van der Waals surface area contributed by atoms with Gasteiger partial charge in [0, 0.05) is 25.9 Å². The fourth-order valence-electron chi connectivity index (χ4n) is 6.90. The van der Waals surface area contributed by atoms with E-state index in [0.717, 1.165) is 77.3 Å². The highest BCUT2D eigenvalue weighted by molar-refractivity contribution is 5.69. The van der Waals surface area contributed by atoms with Gasteiger partial charge in [-0.05, 0) is 57.9 Å². The van der Waals surface area contributed by atoms with E-state index in [4.69, 9.17) is 9.47 Å². The van der Waals surface area contributed by atoms with Gasteiger partial charge in [-0.2, -0.15) is 0 Å². The van der Waals surface area contributed by atoms with Crippen molar-refractivity contribution in [1.29, 1.82) is 0 Å². The van der Waals surface area contributed by atoms with Crippen LogP contribution in [0.2, 0.25) is 0 Å². The van der Waals surface area contributed by atoms with Crippen LogP contribution in [-0.2, 0) is 19.1 Å². The standard InChI is InChI=1S/C44H87NO5/c1-4-7-10-13-16-17-18-19-20-24-29-35-43(47)49-41-32-38-45(39-40-46)37-31-26-21-25-30-36-44(48)50-42(33-27-22-14-11-8-5-2)34-28-23-15-12-9-6-3/h42,46H,4-41H2,1-3H3. The van der Waals surface area contributed by atoms with Crippen LogP contribution in [0.4, 0.5) is 0 Å². The van der Waals surface area contributed by atoms with E-state index >= 15 is 0 Å². The quantitative estimate of drug-likeness (QED) is 0.0503. The second-order valence-electron chi connectivity index (χ2n) is 15.2. The summed E-state index contributed by atoms with van der Waals surface area (Å²) in [4.78, 5) is 27.1. The molecule has 0 heterocycles. The molecular weight excluding hydrogens is 622 g/mol. The zero-order valence-electron chi connectivity index (χ0n) is 34.0. The minimum absolute atomic E-state index is 0.000546. The number of esters is 2. The molecule has 0 aliphatic heterocycles. The Morgan fingerprint density at radius 3 is 1.30 bits per heavy atom. The van der Waals surface area contributed by atoms with Gasteiger partial charge in [0.05, 0.1) is 13.2 Å². The van der Waals surface area contributed by atoms with Crippen molar-refractivity contribution in [3.05, 3.63) is 0 Å². The SMILES string of the molecule is CCCCCCCCCCCCCC(=O)OCCCN(CCO)CCCCCCCC(=O)OC(CCCCCCCC)CCCCCCCC. The summed E-state index contributed by atoms with van der Waals surface area (Å²) in [7, 11) is 0. The minimum Gasteiger partial charge on any atom is -0.466 e. The van der Waals surface area contributed by atoms with E-state index in [1.807, 2.05) is 0 Å². The van der Waals surface area contributed by atoms with Gasteiger partial charge in [0.15, 0.2) is 0 Å². The zero-order valence-corrected chi connectivity index (χ0v) is 34.0. The fourth-order valence-corrected chi connectivity index (χ4v) is 6.90. The number of aliphatic hydroxyl groups is 1. The first-order chi connectivity index (χ1) is 24.6. The smallest absolute Gasteiger partial charge is 0.306 e. The molecule has 0 aromatic carbocycles. The van der Waals surface area contributed by atoms with Crippen molar-refractivity contribution in [2.45, 2.75) is 239 Å². The Labute approximate surface area is 312 Å². The minimum atomic E-state index is -0.0651. The maximum atomic E-state index is 12.7. The average molecular weight is 710 g/mol. The number of hydrogen-bond acceptors (Lipinski definition) is 6. The van der Waals surface area contributed by atoms with Crippen LogP contribution in [0.5, 0.6) is 0 Å². The van der Waals surface area contributed by atoms with Crippen LogP contribution in [0.3, 0.4) is 0 Å². The molecule has 0 fully saturated rings. The van der Waals surface area contributed by atoms with E-state index in [-0.39, 0.29) is 24.6 Å². The first-order valence-corrected chi connectivity index (χ1v) is 22.3. The van der Waals surface area contributed by atoms with Gasteiger partial charge in [-0.15, -0.1) is 0 Å². The maximum Gasteiger partial charge on any atom is 0.306 e. The van der Waals surface area contributed by atoms with Gasteiger partial charge in [0.1, 0.15) is 6.10 Å². The van der Waals surface area contributed by atoms with Crippen LogP contribution >= 0.6 is 0 Å². The van der Waals surface area contributed by atoms with Crippen LogP contribution < -0.4 is 0 Å². The van der Waals surface area contributed by atoms with E-state index in [0.29, 0.717) is 26.0 Å². The molecule has 0 spiro atoms. The number of rotatable bonds is 41. The van der Waals surface area contributed by atoms with Crippen LogP contribution in [0.25, 0.3) is 0 Å². The lowest BCUT2D eigenvalue weighted by atomic mass is 10.0. The Kier molecular flexibility index (Phi) is 39.7. The van der Waals surface area contributed by atoms with E-state index in [1.54, 1.807) is 0 Å². The highest BCUT2D eigenvalue weighted by atomic mass is 16.5. The predicted octanol–water partition coefficient (Wildman–Crippen LogP) is 12.7. The average Bonchev–Trinajstić information content (AvgIpc) is 3.11. The van der Waals surface area contributed by atoms with Gasteiger partial charge < -0.3 is 19.5 Å². The summed E-state index contributed by atoms with van der Waals surface area (Å²) in [5.74, 6) is -0.0646. The second kappa shape index (κ2) is 40.6. The molecule has 0 bridgehead atoms. The molecule has 0 aromatic rings. The molecule has 1 N–H and O–H groups in total. The van der Waals surface area contributed by atoms with Crippen molar-refractivity contribution in [1.82, 2.24) is 4.90 Å². The zero-order chi connectivity index (χ0) is 36.6. The molecule has 0 atom stereocenters. The maximum absolute atomic E-state index is 12.7. The van der Waals surface area contributed by atoms with Crippen molar-refractivity contribution in [3.8, 4) is 0 Å². The molecule has 6 heteroatoms. The number of unbranched alkanes of at least 4 members (excludes halogenated alkanes) is 24. The van der Waals surface area contributed by atoms with Gasteiger partial charge in [-0.25, -0.2) is 0 Å². The van der Waals surface area contributed by atoms with Gasteiger partial charge in [0.2, 0.25) is 0 Å². The highest BCUT2D eigenvalue weighted by Gasteiger charge is 2.14. The molecule has 0 rings (SSSR count). The lowest BCUT2D eigenvalue weighted by molar-refractivity contribution is -0.150. The van der Waals surface area contributed by atoms with Crippen LogP contribution in [0.1, 0.15) is 233 Å². The summed E-state index contributed by atoms with van der Waals surface area (Å²) >= 11 is 0. The number of carbonyl (C=O) groups is 2. The Morgan fingerprint density at radius 1 is 0.460 bits per heavy atom. The third kappa shape index (κ3) is 36.6. The summed E-state index contributed by atoms with van der Waals surface area (Å²) < 4.78 is 11.5. The lowest BCUT2D eigenvalue weighted by Crippen LogP contribution is -2.30. The Bertz CT molecular complexity index is 686. The summed E-state index contributed by atoms with van der Waals surface area (Å²) in [6.07, 6.45) is 38.8. The molecule has 0 aliphatic rings. The molecule has 0 saturated carbocycles. The van der Waals surface area contributed by atoms with Crippen molar-refractivity contribution in [2.75, 3.05) is 32.8 Å². The monoisotopic (exact) mass is 710 g/mol. The highest BCUT2D eigenvalue weighted by Crippen LogP contribution is 2.18. The van der Waals surface area contributed by atoms with Crippen molar-refractivity contribution < 1.29 is 24.2 Å². The topological polar surface area (TPSA) is 76.1 Å². The van der Waals surface area contributed by atoms with Gasteiger partial charge in [0.25, 0.3) is 0 Å². The molecule has 0 aliphatic carbocycles. The van der Waals surface area contributed by atoms with Crippen molar-refractivity contribution >= 4 is 11.9 Å². The number of hydrogen-bond donors (Lipinski definition) is 1. The summed E-state index contributed by atoms with van der Waals surface area (Å²) in [5, 5.41) is 9.51. The predicted molar refractivity (Wildman–Crippen MR) is 214 cm³/mol. The summed E-state index contributed by atoms with van der Waals surface area (Å²) in [5.41, 5.74) is 0. The van der Waals surface area contributed by atoms with E-state index in [9.17, 15) is 14.7 Å². The molecule has 0 radical (unpaired) electrons. The molecule has 50 heavy (non-hydrogen) atoms. The normalized spacial score (nSPS) is 11.6. The summed E-state index contributed by atoms with van der Waals surface area (Å²) in [6, 6.07) is 0. The third-order valence-electron chi connectivity index (χ3n) is 10.2. The second-order valence-corrected chi connectivity index (χ2v) is 15.2. The largest absolute Gasteiger partial charge is 0.466 e. The van der Waals surface area contributed by atoms with Crippen LogP contribution in [-0.4, -0.2) is 60.9 Å². The van der Waals surface area contributed by atoms with E-state index in [2.05, 4.69) is 25.7 Å². The number of aliphatic hydroxyl groups excluding tert-OH is 1. The number of carbonyl (C=O) groups excluding carboxylic acids is 2. The Balaban J connectivity index is 3.96. The number of nitrogens with zero attached hydrogens (tertiary/aromatic N) is 1. The Morgan fingerprint density at radius 2 is 0.840 bits per heavy atom. The first kappa shape index (κ1) is 48.9. The molecule has 0 unspecified atom stereocenters. The molecule has 0 amide bonds. The fraction of sp³-hybridized carbons (Fsp3) is 0.955. The third-order valence-corrected chi connectivity index (χ3v) is 10.2. The molecule has 6 nitrogen and oxygen atoms in total. The number of ether oxygens (including phenoxy) is 2. The first-order valence-electron chi connectivity index (χ1n) is 22.3. The van der Waals surface area contributed by atoms with Gasteiger partial charge in [-0.1, -0.05) is 168 Å². The van der Waals surface area contributed by atoms with Gasteiger partial charge >= 0.3 is 11.9 Å². The molecule has 0 saturated heterocycles.